The molecule has 0 aliphatic carbocycles. The highest BCUT2D eigenvalue weighted by molar-refractivity contribution is 6.31. The van der Waals surface area contributed by atoms with Crippen molar-refractivity contribution >= 4 is 34.3 Å². The molecule has 8 heteroatoms. The number of rotatable bonds is 2. The molecule has 5 rings (SSSR count). The van der Waals surface area contributed by atoms with E-state index in [2.05, 4.69) is 10.3 Å². The summed E-state index contributed by atoms with van der Waals surface area (Å²) in [7, 11) is 0. The molecule has 3 aromatic rings. The number of Topliss-reactive ketones (excluding diaryl/α,β-unsaturated/α-hetero) is 1. The van der Waals surface area contributed by atoms with Gasteiger partial charge in [0.05, 0.1) is 17.5 Å². The molecule has 1 fully saturated rings. The number of halogens is 1. The van der Waals surface area contributed by atoms with E-state index in [1.54, 1.807) is 24.3 Å². The zero-order valence-electron chi connectivity index (χ0n) is 17.5. The molecule has 0 bridgehead atoms. The Morgan fingerprint density at radius 1 is 1.16 bits per heavy atom. The summed E-state index contributed by atoms with van der Waals surface area (Å²) in [6.45, 7) is 5.15. The molecule has 2 aromatic carbocycles. The Kier molecular flexibility index (Phi) is 4.73. The van der Waals surface area contributed by atoms with Gasteiger partial charge in [-0.3, -0.25) is 9.59 Å². The minimum Gasteiger partial charge on any atom is -0.486 e. The van der Waals surface area contributed by atoms with Gasteiger partial charge in [-0.15, -0.1) is 5.10 Å². The van der Waals surface area contributed by atoms with Crippen LogP contribution in [-0.2, 0) is 0 Å². The molecule has 0 saturated carbocycles. The molecule has 0 atom stereocenters. The molecule has 3 heterocycles. The third-order valence-electron chi connectivity index (χ3n) is 6.22. The molecule has 31 heavy (non-hydrogen) atoms. The monoisotopic (exact) mass is 438 g/mol. The van der Waals surface area contributed by atoms with Crippen molar-refractivity contribution < 1.29 is 14.3 Å². The molecule has 1 amide bonds. The Hall–Kier alpha value is -2.93. The van der Waals surface area contributed by atoms with E-state index in [1.165, 1.54) is 0 Å². The Balaban J connectivity index is 1.31. The third-order valence-corrected chi connectivity index (χ3v) is 6.46. The van der Waals surface area contributed by atoms with Gasteiger partial charge in [-0.1, -0.05) is 16.8 Å². The molecule has 1 saturated heterocycles. The number of aromatic nitrogens is 3. The van der Waals surface area contributed by atoms with E-state index in [9.17, 15) is 9.59 Å². The fraction of sp³-hybridized carbons (Fsp3) is 0.391. The number of amides is 1. The number of ketones is 1. The van der Waals surface area contributed by atoms with Gasteiger partial charge in [0.2, 0.25) is 0 Å². The van der Waals surface area contributed by atoms with E-state index in [0.29, 0.717) is 59.8 Å². The van der Waals surface area contributed by atoms with Crippen LogP contribution < -0.4 is 4.74 Å². The highest BCUT2D eigenvalue weighted by Gasteiger charge is 2.43. The Labute approximate surface area is 184 Å². The lowest BCUT2D eigenvalue weighted by Crippen LogP contribution is -2.52. The molecule has 0 unspecified atom stereocenters. The number of carbonyl (C=O) groups is 2. The van der Waals surface area contributed by atoms with Crippen LogP contribution in [0.3, 0.4) is 0 Å². The highest BCUT2D eigenvalue weighted by Crippen LogP contribution is 2.40. The number of piperidine rings is 1. The van der Waals surface area contributed by atoms with Crippen LogP contribution in [0.15, 0.2) is 36.4 Å². The quantitative estimate of drug-likeness (QED) is 0.596. The molecular formula is C23H23ClN4O3. The highest BCUT2D eigenvalue weighted by atomic mass is 35.5. The molecule has 1 aromatic heterocycles. The van der Waals surface area contributed by atoms with Crippen LogP contribution in [0.25, 0.3) is 11.0 Å². The molecule has 160 valence electrons. The van der Waals surface area contributed by atoms with Gasteiger partial charge in [-0.05, 0) is 50.2 Å². The molecule has 2 aliphatic rings. The van der Waals surface area contributed by atoms with Crippen molar-refractivity contribution in [3.8, 4) is 5.75 Å². The maximum absolute atomic E-state index is 13.1. The van der Waals surface area contributed by atoms with Crippen molar-refractivity contribution in [3.05, 3.63) is 52.5 Å². The lowest BCUT2D eigenvalue weighted by atomic mass is 9.82. The predicted octanol–water partition coefficient (Wildman–Crippen LogP) is 4.31. The summed E-state index contributed by atoms with van der Waals surface area (Å²) in [5.74, 6) is 0.589. The van der Waals surface area contributed by atoms with E-state index < -0.39 is 5.60 Å². The van der Waals surface area contributed by atoms with Crippen LogP contribution in [0.4, 0.5) is 0 Å². The van der Waals surface area contributed by atoms with Crippen molar-refractivity contribution in [2.45, 2.75) is 44.8 Å². The number of likely N-dealkylation sites (tertiary alicyclic amines) is 1. The summed E-state index contributed by atoms with van der Waals surface area (Å²) in [5.41, 5.74) is 2.21. The van der Waals surface area contributed by atoms with Crippen molar-refractivity contribution in [2.75, 3.05) is 13.1 Å². The standard InChI is InChI=1S/C23H23ClN4O3/c1-14(2)28-19-5-3-15(11-18(19)25-26-28)22(30)27-9-7-23(8-10-27)13-20(29)17-12-16(24)4-6-21(17)31-23/h3-6,11-12,14H,7-10,13H2,1-2H3. The van der Waals surface area contributed by atoms with E-state index in [-0.39, 0.29) is 17.7 Å². The number of ether oxygens (including phenoxy) is 1. The summed E-state index contributed by atoms with van der Waals surface area (Å²) < 4.78 is 8.11. The Morgan fingerprint density at radius 3 is 2.68 bits per heavy atom. The second-order valence-corrected chi connectivity index (χ2v) is 9.09. The summed E-state index contributed by atoms with van der Waals surface area (Å²) in [6.07, 6.45) is 1.53. The summed E-state index contributed by atoms with van der Waals surface area (Å²) in [6, 6.07) is 10.9. The third kappa shape index (κ3) is 3.47. The lowest BCUT2D eigenvalue weighted by molar-refractivity contribution is -0.00570. The normalized spacial score (nSPS) is 17.8. The van der Waals surface area contributed by atoms with Gasteiger partial charge in [0.1, 0.15) is 16.9 Å². The van der Waals surface area contributed by atoms with Crippen LogP contribution in [0.2, 0.25) is 5.02 Å². The minimum absolute atomic E-state index is 0.0369. The first kappa shape index (κ1) is 20.0. The fourth-order valence-electron chi connectivity index (χ4n) is 4.50. The maximum atomic E-state index is 13.1. The topological polar surface area (TPSA) is 77.3 Å². The van der Waals surface area contributed by atoms with Gasteiger partial charge in [-0.25, -0.2) is 4.68 Å². The molecule has 1 spiro atoms. The summed E-state index contributed by atoms with van der Waals surface area (Å²) in [5, 5.41) is 8.91. The number of benzene rings is 2. The van der Waals surface area contributed by atoms with Crippen LogP contribution in [0, 0.1) is 0 Å². The number of fused-ring (bicyclic) bond motifs is 2. The van der Waals surface area contributed by atoms with Crippen molar-refractivity contribution in [2.24, 2.45) is 0 Å². The van der Waals surface area contributed by atoms with Gasteiger partial charge < -0.3 is 9.64 Å². The van der Waals surface area contributed by atoms with Crippen molar-refractivity contribution in [1.82, 2.24) is 19.9 Å². The number of hydrogen-bond donors (Lipinski definition) is 0. The Bertz CT molecular complexity index is 1190. The fourth-order valence-corrected chi connectivity index (χ4v) is 4.67. The number of hydrogen-bond acceptors (Lipinski definition) is 5. The smallest absolute Gasteiger partial charge is 0.253 e. The average molecular weight is 439 g/mol. The van der Waals surface area contributed by atoms with Crippen molar-refractivity contribution in [1.29, 1.82) is 0 Å². The minimum atomic E-state index is -0.557. The van der Waals surface area contributed by atoms with Crippen LogP contribution in [-0.4, -0.2) is 50.3 Å². The SMILES string of the molecule is CC(C)n1nnc2cc(C(=O)N3CCC4(CC3)CC(=O)c3cc(Cl)ccc3O4)ccc21. The first-order chi connectivity index (χ1) is 14.8. The second kappa shape index (κ2) is 7.34. The Morgan fingerprint density at radius 2 is 1.94 bits per heavy atom. The molecule has 7 nitrogen and oxygen atoms in total. The van der Waals surface area contributed by atoms with Crippen LogP contribution in [0.1, 0.15) is 59.9 Å². The first-order valence-electron chi connectivity index (χ1n) is 10.5. The largest absolute Gasteiger partial charge is 0.486 e. The van der Waals surface area contributed by atoms with Gasteiger partial charge >= 0.3 is 0 Å². The van der Waals surface area contributed by atoms with Gasteiger partial charge in [-0.2, -0.15) is 0 Å². The van der Waals surface area contributed by atoms with Crippen LogP contribution >= 0.6 is 11.6 Å². The van der Waals surface area contributed by atoms with Crippen LogP contribution in [0.5, 0.6) is 5.75 Å². The maximum Gasteiger partial charge on any atom is 0.253 e. The van der Waals surface area contributed by atoms with Gasteiger partial charge in [0.15, 0.2) is 5.78 Å². The summed E-state index contributed by atoms with van der Waals surface area (Å²) >= 11 is 6.02. The average Bonchev–Trinajstić information content (AvgIpc) is 3.18. The number of carbonyl (C=O) groups excluding carboxylic acids is 2. The molecule has 2 aliphatic heterocycles. The molecule has 0 N–H and O–H groups in total. The molecular weight excluding hydrogens is 416 g/mol. The summed E-state index contributed by atoms with van der Waals surface area (Å²) in [4.78, 5) is 27.6. The van der Waals surface area contributed by atoms with E-state index in [0.717, 1.165) is 5.52 Å². The van der Waals surface area contributed by atoms with Gasteiger partial charge in [0.25, 0.3) is 5.91 Å². The zero-order chi connectivity index (χ0) is 21.8. The predicted molar refractivity (Wildman–Crippen MR) is 117 cm³/mol. The van der Waals surface area contributed by atoms with E-state index >= 15 is 0 Å². The van der Waals surface area contributed by atoms with Gasteiger partial charge in [0, 0.05) is 42.6 Å². The second-order valence-electron chi connectivity index (χ2n) is 8.65. The van der Waals surface area contributed by atoms with E-state index in [4.69, 9.17) is 16.3 Å². The van der Waals surface area contributed by atoms with Crippen molar-refractivity contribution in [3.63, 3.8) is 0 Å². The lowest BCUT2D eigenvalue weighted by Gasteiger charge is -2.44. The van der Waals surface area contributed by atoms with E-state index in [1.807, 2.05) is 35.6 Å². The first-order valence-corrected chi connectivity index (χ1v) is 10.9. The zero-order valence-corrected chi connectivity index (χ0v) is 18.2. The number of nitrogens with zero attached hydrogens (tertiary/aromatic N) is 4. The molecule has 0 radical (unpaired) electrons.